The van der Waals surface area contributed by atoms with Crippen molar-refractivity contribution < 1.29 is 4.74 Å². The van der Waals surface area contributed by atoms with Crippen molar-refractivity contribution in [2.75, 3.05) is 0 Å². The van der Waals surface area contributed by atoms with Crippen molar-refractivity contribution in [3.8, 4) is 5.75 Å². The van der Waals surface area contributed by atoms with E-state index in [1.165, 1.54) is 10.4 Å². The third-order valence-electron chi connectivity index (χ3n) is 3.18. The Morgan fingerprint density at radius 3 is 2.65 bits per heavy atom. The predicted molar refractivity (Wildman–Crippen MR) is 85.1 cm³/mol. The zero-order valence-electron chi connectivity index (χ0n) is 12.2. The molecular formula is C16H22N2OS. The van der Waals surface area contributed by atoms with Crippen LogP contribution in [0.25, 0.3) is 0 Å². The number of thiophene rings is 1. The minimum Gasteiger partial charge on any atom is -0.491 e. The first kappa shape index (κ1) is 15.0. The number of hydrogen-bond donors (Lipinski definition) is 2. The monoisotopic (exact) mass is 290 g/mol. The predicted octanol–water partition coefficient (Wildman–Crippen LogP) is 3.65. The molecule has 0 radical (unpaired) electrons. The molecule has 0 aliphatic heterocycles. The van der Waals surface area contributed by atoms with Crippen LogP contribution in [0.15, 0.2) is 35.7 Å². The summed E-state index contributed by atoms with van der Waals surface area (Å²) in [5.74, 6) is 6.71. The van der Waals surface area contributed by atoms with E-state index in [4.69, 9.17) is 10.6 Å². The van der Waals surface area contributed by atoms with Gasteiger partial charge in [0.2, 0.25) is 0 Å². The van der Waals surface area contributed by atoms with Crippen molar-refractivity contribution in [1.82, 2.24) is 5.43 Å². The van der Waals surface area contributed by atoms with Crippen molar-refractivity contribution in [3.63, 3.8) is 0 Å². The van der Waals surface area contributed by atoms with E-state index in [2.05, 4.69) is 29.9 Å². The highest BCUT2D eigenvalue weighted by Gasteiger charge is 2.20. The van der Waals surface area contributed by atoms with E-state index in [9.17, 15) is 0 Å². The SMILES string of the molecule is CCc1ccsc1C(NN)c1ccccc1OC(C)C. The van der Waals surface area contributed by atoms with Gasteiger partial charge in [-0.15, -0.1) is 11.3 Å². The van der Waals surface area contributed by atoms with Gasteiger partial charge in [0.25, 0.3) is 0 Å². The van der Waals surface area contributed by atoms with E-state index in [1.807, 2.05) is 32.0 Å². The Morgan fingerprint density at radius 2 is 2.00 bits per heavy atom. The fourth-order valence-corrected chi connectivity index (χ4v) is 3.35. The molecular weight excluding hydrogens is 268 g/mol. The van der Waals surface area contributed by atoms with Gasteiger partial charge in [-0.3, -0.25) is 5.84 Å². The Morgan fingerprint density at radius 1 is 1.25 bits per heavy atom. The first-order valence-corrected chi connectivity index (χ1v) is 7.83. The Labute approximate surface area is 124 Å². The van der Waals surface area contributed by atoms with Gasteiger partial charge in [-0.05, 0) is 43.3 Å². The number of hydrogen-bond acceptors (Lipinski definition) is 4. The van der Waals surface area contributed by atoms with Crippen LogP contribution < -0.4 is 16.0 Å². The maximum Gasteiger partial charge on any atom is 0.124 e. The van der Waals surface area contributed by atoms with Crippen LogP contribution in [0.4, 0.5) is 0 Å². The molecule has 0 aliphatic rings. The number of rotatable bonds is 6. The summed E-state index contributed by atoms with van der Waals surface area (Å²) in [5, 5.41) is 2.12. The number of nitrogens with two attached hydrogens (primary N) is 1. The number of benzene rings is 1. The van der Waals surface area contributed by atoms with Crippen LogP contribution in [0, 0.1) is 0 Å². The standard InChI is InChI=1S/C16H22N2OS/c1-4-12-9-10-20-16(12)15(18-17)13-7-5-6-8-14(13)19-11(2)3/h5-11,15,18H,4,17H2,1-3H3. The summed E-state index contributed by atoms with van der Waals surface area (Å²) in [4.78, 5) is 1.26. The van der Waals surface area contributed by atoms with Gasteiger partial charge in [0, 0.05) is 10.4 Å². The van der Waals surface area contributed by atoms with Crippen LogP contribution in [0.3, 0.4) is 0 Å². The average molecular weight is 290 g/mol. The number of nitrogens with one attached hydrogen (secondary N) is 1. The Kier molecular flexibility index (Phi) is 5.17. The summed E-state index contributed by atoms with van der Waals surface area (Å²) in [6.45, 7) is 6.23. The van der Waals surface area contributed by atoms with Crippen molar-refractivity contribution in [1.29, 1.82) is 0 Å². The Balaban J connectivity index is 2.42. The molecule has 4 heteroatoms. The molecule has 2 aromatic rings. The first-order valence-electron chi connectivity index (χ1n) is 6.95. The molecule has 1 aromatic carbocycles. The third kappa shape index (κ3) is 3.20. The minimum atomic E-state index is -0.0279. The average Bonchev–Trinajstić information content (AvgIpc) is 2.89. The Bertz CT molecular complexity index is 551. The fourth-order valence-electron chi connectivity index (χ4n) is 2.28. The minimum absolute atomic E-state index is 0.0279. The Hall–Kier alpha value is -1.36. The largest absolute Gasteiger partial charge is 0.491 e. The molecule has 0 saturated heterocycles. The van der Waals surface area contributed by atoms with Crippen molar-refractivity contribution in [2.24, 2.45) is 5.84 Å². The molecule has 1 unspecified atom stereocenters. The number of hydrazine groups is 1. The molecule has 20 heavy (non-hydrogen) atoms. The van der Waals surface area contributed by atoms with Gasteiger partial charge in [-0.1, -0.05) is 25.1 Å². The highest BCUT2D eigenvalue weighted by molar-refractivity contribution is 7.10. The molecule has 0 spiro atoms. The van der Waals surface area contributed by atoms with Crippen LogP contribution in [-0.4, -0.2) is 6.10 Å². The summed E-state index contributed by atoms with van der Waals surface area (Å²) < 4.78 is 5.91. The molecule has 3 nitrogen and oxygen atoms in total. The van der Waals surface area contributed by atoms with Gasteiger partial charge < -0.3 is 4.74 Å². The van der Waals surface area contributed by atoms with E-state index in [1.54, 1.807) is 11.3 Å². The van der Waals surface area contributed by atoms with E-state index >= 15 is 0 Å². The van der Waals surface area contributed by atoms with Gasteiger partial charge in [-0.25, -0.2) is 5.43 Å². The van der Waals surface area contributed by atoms with E-state index < -0.39 is 0 Å². The van der Waals surface area contributed by atoms with Crippen LogP contribution in [0.5, 0.6) is 5.75 Å². The fraction of sp³-hybridized carbons (Fsp3) is 0.375. The lowest BCUT2D eigenvalue weighted by Crippen LogP contribution is -2.29. The second-order valence-electron chi connectivity index (χ2n) is 4.97. The lowest BCUT2D eigenvalue weighted by atomic mass is 10.0. The number of aryl methyl sites for hydroxylation is 1. The normalized spacial score (nSPS) is 12.7. The lowest BCUT2D eigenvalue weighted by molar-refractivity contribution is 0.238. The maximum absolute atomic E-state index is 5.91. The summed E-state index contributed by atoms with van der Waals surface area (Å²) in [6.07, 6.45) is 1.15. The quantitative estimate of drug-likeness (QED) is 0.630. The molecule has 0 aliphatic carbocycles. The van der Waals surface area contributed by atoms with Crippen molar-refractivity contribution in [2.45, 2.75) is 39.3 Å². The molecule has 2 rings (SSSR count). The van der Waals surface area contributed by atoms with Crippen molar-refractivity contribution >= 4 is 11.3 Å². The summed E-state index contributed by atoms with van der Waals surface area (Å²) in [6, 6.07) is 10.2. The van der Waals surface area contributed by atoms with Crippen LogP contribution >= 0.6 is 11.3 Å². The van der Waals surface area contributed by atoms with Gasteiger partial charge in [0.05, 0.1) is 12.1 Å². The van der Waals surface area contributed by atoms with Gasteiger partial charge in [-0.2, -0.15) is 0 Å². The zero-order chi connectivity index (χ0) is 14.5. The van der Waals surface area contributed by atoms with Crippen LogP contribution in [0.2, 0.25) is 0 Å². The smallest absolute Gasteiger partial charge is 0.124 e. The second-order valence-corrected chi connectivity index (χ2v) is 5.92. The highest BCUT2D eigenvalue weighted by atomic mass is 32.1. The third-order valence-corrected chi connectivity index (χ3v) is 4.21. The molecule has 0 fully saturated rings. The van der Waals surface area contributed by atoms with Gasteiger partial charge in [0.15, 0.2) is 0 Å². The summed E-state index contributed by atoms with van der Waals surface area (Å²) in [7, 11) is 0. The zero-order valence-corrected chi connectivity index (χ0v) is 13.0. The van der Waals surface area contributed by atoms with E-state index in [0.717, 1.165) is 17.7 Å². The number of ether oxygens (including phenoxy) is 1. The molecule has 0 amide bonds. The van der Waals surface area contributed by atoms with E-state index in [-0.39, 0.29) is 12.1 Å². The van der Waals surface area contributed by atoms with Crippen LogP contribution in [0.1, 0.15) is 42.8 Å². The molecule has 3 N–H and O–H groups in total. The van der Waals surface area contributed by atoms with E-state index in [0.29, 0.717) is 0 Å². The van der Waals surface area contributed by atoms with Gasteiger partial charge in [0.1, 0.15) is 5.75 Å². The van der Waals surface area contributed by atoms with Gasteiger partial charge >= 0.3 is 0 Å². The molecule has 1 aromatic heterocycles. The molecule has 0 saturated carbocycles. The summed E-state index contributed by atoms with van der Waals surface area (Å²) in [5.41, 5.74) is 5.35. The maximum atomic E-state index is 5.91. The first-order chi connectivity index (χ1) is 9.67. The molecule has 0 bridgehead atoms. The second kappa shape index (κ2) is 6.88. The lowest BCUT2D eigenvalue weighted by Gasteiger charge is -2.21. The topological polar surface area (TPSA) is 47.3 Å². The summed E-state index contributed by atoms with van der Waals surface area (Å²) >= 11 is 1.73. The molecule has 1 heterocycles. The molecule has 108 valence electrons. The van der Waals surface area contributed by atoms with Crippen molar-refractivity contribution in [3.05, 3.63) is 51.7 Å². The highest BCUT2D eigenvalue weighted by Crippen LogP contribution is 2.34. The van der Waals surface area contributed by atoms with Crippen LogP contribution in [-0.2, 0) is 6.42 Å². The number of para-hydroxylation sites is 1. The molecule has 1 atom stereocenters.